The molecular weight excluding hydrogens is 392 g/mol. The van der Waals surface area contributed by atoms with E-state index in [1.54, 1.807) is 22.5 Å². The van der Waals surface area contributed by atoms with Gasteiger partial charge in [0.2, 0.25) is 18.6 Å². The van der Waals surface area contributed by atoms with E-state index >= 15 is 0 Å². The highest BCUT2D eigenvalue weighted by Crippen LogP contribution is 2.35. The maximum atomic E-state index is 12.5. The molecule has 1 aromatic carbocycles. The maximum Gasteiger partial charge on any atom is 0.249 e. The average molecular weight is 414 g/mol. The number of ether oxygens (including phenoxy) is 2. The van der Waals surface area contributed by atoms with Gasteiger partial charge in [0.15, 0.2) is 11.5 Å². The number of thioether (sulfide) groups is 1. The second kappa shape index (κ2) is 8.60. The molecule has 0 saturated heterocycles. The van der Waals surface area contributed by atoms with Gasteiger partial charge in [-0.25, -0.2) is 4.68 Å². The van der Waals surface area contributed by atoms with Crippen molar-refractivity contribution >= 4 is 35.5 Å². The van der Waals surface area contributed by atoms with Crippen molar-refractivity contribution < 1.29 is 19.1 Å². The number of fused-ring (bicyclic) bond motifs is 2. The molecule has 3 heterocycles. The first kappa shape index (κ1) is 19.4. The summed E-state index contributed by atoms with van der Waals surface area (Å²) in [6.07, 6.45) is 4.04. The molecule has 4 rings (SSSR count). The fourth-order valence-corrected chi connectivity index (χ4v) is 4.16. The van der Waals surface area contributed by atoms with Crippen molar-refractivity contribution in [1.82, 2.24) is 15.1 Å². The fraction of sp³-hybridized carbons (Fsp3) is 0.350. The van der Waals surface area contributed by atoms with E-state index < -0.39 is 0 Å². The van der Waals surface area contributed by atoms with Gasteiger partial charge in [-0.3, -0.25) is 9.59 Å². The molecule has 0 bridgehead atoms. The summed E-state index contributed by atoms with van der Waals surface area (Å²) in [5, 5.41) is 10.3. The number of hydrogen-bond acceptors (Lipinski definition) is 6. The molecule has 0 atom stereocenters. The maximum absolute atomic E-state index is 12.5. The Morgan fingerprint density at radius 1 is 1.28 bits per heavy atom. The molecule has 2 N–H and O–H groups in total. The van der Waals surface area contributed by atoms with Gasteiger partial charge in [0.05, 0.1) is 5.69 Å². The molecule has 2 amide bonds. The Morgan fingerprint density at radius 3 is 3.00 bits per heavy atom. The number of anilines is 1. The van der Waals surface area contributed by atoms with E-state index in [1.807, 2.05) is 25.1 Å². The Balaban J connectivity index is 1.46. The predicted octanol–water partition coefficient (Wildman–Crippen LogP) is 2.54. The molecule has 2 aliphatic heterocycles. The summed E-state index contributed by atoms with van der Waals surface area (Å²) < 4.78 is 12.2. The molecule has 0 aliphatic carbocycles. The van der Waals surface area contributed by atoms with Gasteiger partial charge in [0.1, 0.15) is 12.4 Å². The number of aromatic nitrogens is 2. The van der Waals surface area contributed by atoms with Gasteiger partial charge < -0.3 is 20.1 Å². The predicted molar refractivity (Wildman–Crippen MR) is 111 cm³/mol. The van der Waals surface area contributed by atoms with E-state index in [0.29, 0.717) is 23.9 Å². The minimum atomic E-state index is -0.280. The van der Waals surface area contributed by atoms with Crippen LogP contribution in [0.1, 0.15) is 30.2 Å². The van der Waals surface area contributed by atoms with E-state index in [0.717, 1.165) is 34.7 Å². The topological polar surface area (TPSA) is 94.5 Å². The quantitative estimate of drug-likeness (QED) is 0.676. The lowest BCUT2D eigenvalue weighted by atomic mass is 10.2. The number of benzene rings is 1. The van der Waals surface area contributed by atoms with E-state index in [-0.39, 0.29) is 25.2 Å². The van der Waals surface area contributed by atoms with Crippen LogP contribution < -0.4 is 20.1 Å². The van der Waals surface area contributed by atoms with Crippen molar-refractivity contribution in [2.45, 2.75) is 31.4 Å². The number of carbonyl (C=O) groups is 2. The van der Waals surface area contributed by atoms with E-state index in [1.165, 1.54) is 6.08 Å². The Kier molecular flexibility index (Phi) is 5.75. The van der Waals surface area contributed by atoms with Crippen LogP contribution in [0.2, 0.25) is 0 Å². The van der Waals surface area contributed by atoms with Gasteiger partial charge >= 0.3 is 0 Å². The number of hydrogen-bond donors (Lipinski definition) is 2. The minimum Gasteiger partial charge on any atom is -0.454 e. The molecule has 9 heteroatoms. The van der Waals surface area contributed by atoms with Crippen LogP contribution in [0.5, 0.6) is 11.5 Å². The lowest BCUT2D eigenvalue weighted by Crippen LogP contribution is -2.29. The SMILES string of the molecule is CCCNC(=O)Cn1nc2c(c1NC(=O)/C=C\c1ccc3c(c1)OCO3)CSC2. The zero-order chi connectivity index (χ0) is 20.2. The summed E-state index contributed by atoms with van der Waals surface area (Å²) in [6, 6.07) is 5.49. The molecule has 152 valence electrons. The second-order valence-corrected chi connectivity index (χ2v) is 7.70. The molecule has 2 aliphatic rings. The Bertz CT molecular complexity index is 970. The largest absolute Gasteiger partial charge is 0.454 e. The van der Waals surface area contributed by atoms with Crippen molar-refractivity contribution in [2.24, 2.45) is 0 Å². The summed E-state index contributed by atoms with van der Waals surface area (Å²) in [7, 11) is 0. The number of nitrogens with zero attached hydrogens (tertiary/aromatic N) is 2. The van der Waals surface area contributed by atoms with Gasteiger partial charge in [-0.1, -0.05) is 13.0 Å². The third-order valence-corrected chi connectivity index (χ3v) is 5.52. The highest BCUT2D eigenvalue weighted by Gasteiger charge is 2.24. The van der Waals surface area contributed by atoms with Crippen LogP contribution in [0.3, 0.4) is 0 Å². The number of amides is 2. The summed E-state index contributed by atoms with van der Waals surface area (Å²) in [6.45, 7) is 2.91. The zero-order valence-corrected chi connectivity index (χ0v) is 16.9. The highest BCUT2D eigenvalue weighted by atomic mass is 32.2. The number of nitrogens with one attached hydrogen (secondary N) is 2. The second-order valence-electron chi connectivity index (χ2n) is 6.71. The third kappa shape index (κ3) is 4.40. The summed E-state index contributed by atoms with van der Waals surface area (Å²) >= 11 is 1.74. The molecule has 29 heavy (non-hydrogen) atoms. The molecule has 0 unspecified atom stereocenters. The van der Waals surface area contributed by atoms with Crippen molar-refractivity contribution in [2.75, 3.05) is 18.7 Å². The van der Waals surface area contributed by atoms with Gasteiger partial charge in [-0.15, -0.1) is 0 Å². The average Bonchev–Trinajstić information content (AvgIpc) is 3.42. The number of carbonyl (C=O) groups excluding carboxylic acids is 2. The van der Waals surface area contributed by atoms with Crippen LogP contribution in [0.15, 0.2) is 24.3 Å². The van der Waals surface area contributed by atoms with Crippen molar-refractivity contribution in [3.05, 3.63) is 41.1 Å². The molecule has 0 spiro atoms. The number of rotatable bonds is 7. The molecule has 0 saturated carbocycles. The smallest absolute Gasteiger partial charge is 0.249 e. The Hall–Kier alpha value is -2.94. The lowest BCUT2D eigenvalue weighted by Gasteiger charge is -2.10. The summed E-state index contributed by atoms with van der Waals surface area (Å²) in [4.78, 5) is 24.6. The molecule has 8 nitrogen and oxygen atoms in total. The van der Waals surface area contributed by atoms with Crippen LogP contribution >= 0.6 is 11.8 Å². The molecule has 2 aromatic rings. The van der Waals surface area contributed by atoms with E-state index in [2.05, 4.69) is 15.7 Å². The minimum absolute atomic E-state index is 0.0825. The highest BCUT2D eigenvalue weighted by molar-refractivity contribution is 7.98. The summed E-state index contributed by atoms with van der Waals surface area (Å²) in [5.74, 6) is 3.12. The van der Waals surface area contributed by atoms with Crippen LogP contribution in [0.25, 0.3) is 6.08 Å². The molecule has 0 fully saturated rings. The first-order chi connectivity index (χ1) is 14.1. The van der Waals surface area contributed by atoms with Crippen LogP contribution in [-0.4, -0.2) is 34.9 Å². The normalized spacial score (nSPS) is 14.2. The van der Waals surface area contributed by atoms with Gasteiger partial charge in [-0.2, -0.15) is 16.9 Å². The fourth-order valence-electron chi connectivity index (χ4n) is 3.12. The summed E-state index contributed by atoms with van der Waals surface area (Å²) in [5.41, 5.74) is 2.74. The zero-order valence-electron chi connectivity index (χ0n) is 16.1. The van der Waals surface area contributed by atoms with Crippen molar-refractivity contribution in [3.8, 4) is 11.5 Å². The monoisotopic (exact) mass is 414 g/mol. The standard InChI is InChI=1S/C20H22N4O4S/c1-2-7-21-19(26)9-24-20(14-10-29-11-15(14)23-24)22-18(25)6-4-13-3-5-16-17(8-13)28-12-27-16/h3-6,8H,2,7,9-12H2,1H3,(H,21,26)(H,22,25)/b6-4-. The van der Waals surface area contributed by atoms with Crippen LogP contribution in [0.4, 0.5) is 5.82 Å². The van der Waals surface area contributed by atoms with Crippen molar-refractivity contribution in [3.63, 3.8) is 0 Å². The Morgan fingerprint density at radius 2 is 2.14 bits per heavy atom. The lowest BCUT2D eigenvalue weighted by molar-refractivity contribution is -0.121. The first-order valence-corrected chi connectivity index (χ1v) is 10.6. The third-order valence-electron chi connectivity index (χ3n) is 4.55. The van der Waals surface area contributed by atoms with Crippen LogP contribution in [-0.2, 0) is 27.6 Å². The van der Waals surface area contributed by atoms with Gasteiger partial charge in [0.25, 0.3) is 0 Å². The first-order valence-electron chi connectivity index (χ1n) is 9.45. The van der Waals surface area contributed by atoms with E-state index in [4.69, 9.17) is 9.47 Å². The van der Waals surface area contributed by atoms with E-state index in [9.17, 15) is 9.59 Å². The van der Waals surface area contributed by atoms with Crippen molar-refractivity contribution in [1.29, 1.82) is 0 Å². The molecule has 0 radical (unpaired) electrons. The van der Waals surface area contributed by atoms with Gasteiger partial charge in [0, 0.05) is 29.7 Å². The Labute approximate surface area is 172 Å². The van der Waals surface area contributed by atoms with Gasteiger partial charge in [-0.05, 0) is 30.2 Å². The molecule has 1 aromatic heterocycles. The molecular formula is C20H22N4O4S. The van der Waals surface area contributed by atoms with Crippen LogP contribution in [0, 0.1) is 0 Å².